The van der Waals surface area contributed by atoms with E-state index in [1.165, 1.54) is 0 Å². The Labute approximate surface area is 208 Å². The van der Waals surface area contributed by atoms with Crippen LogP contribution in [0.1, 0.15) is 49.9 Å². The average molecular weight is 508 g/mol. The van der Waals surface area contributed by atoms with Crippen LogP contribution in [0.5, 0.6) is 11.5 Å². The largest absolute Gasteiger partial charge is 0.485 e. The molecule has 176 valence electrons. The predicted octanol–water partition coefficient (Wildman–Crippen LogP) is 7.59. The lowest BCUT2D eigenvalue weighted by Gasteiger charge is -2.25. The molecule has 0 bridgehead atoms. The van der Waals surface area contributed by atoms with Gasteiger partial charge in [-0.15, -0.1) is 11.3 Å². The summed E-state index contributed by atoms with van der Waals surface area (Å²) < 4.78 is 17.2. The third-order valence-corrected chi connectivity index (χ3v) is 7.07. The number of carbonyl (C=O) groups is 1. The molecule has 8 heteroatoms. The number of aryl methyl sites for hydroxylation is 2. The topological polar surface area (TPSA) is 57.7 Å². The Bertz CT molecular complexity index is 1160. The van der Waals surface area contributed by atoms with Crippen LogP contribution in [0.15, 0.2) is 36.4 Å². The highest BCUT2D eigenvalue weighted by Crippen LogP contribution is 2.37. The van der Waals surface area contributed by atoms with Crippen LogP contribution in [0.3, 0.4) is 0 Å². The number of hydrogen-bond acceptors (Lipinski definition) is 6. The van der Waals surface area contributed by atoms with E-state index >= 15 is 0 Å². The molecule has 33 heavy (non-hydrogen) atoms. The number of halogens is 2. The van der Waals surface area contributed by atoms with E-state index in [1.807, 2.05) is 45.0 Å². The van der Waals surface area contributed by atoms with E-state index in [9.17, 15) is 4.79 Å². The van der Waals surface area contributed by atoms with Gasteiger partial charge < -0.3 is 14.2 Å². The normalized spacial score (nSPS) is 12.4. The highest BCUT2D eigenvalue weighted by Gasteiger charge is 2.32. The van der Waals surface area contributed by atoms with Crippen molar-refractivity contribution in [1.29, 1.82) is 0 Å². The molecule has 0 aliphatic carbocycles. The van der Waals surface area contributed by atoms with Crippen LogP contribution in [0.2, 0.25) is 10.0 Å². The molecular weight excluding hydrogens is 481 g/mol. The molecule has 0 amide bonds. The minimum absolute atomic E-state index is 0.207. The number of nitrogens with zero attached hydrogens (tertiary/aromatic N) is 1. The van der Waals surface area contributed by atoms with Crippen molar-refractivity contribution in [2.75, 3.05) is 6.61 Å². The summed E-state index contributed by atoms with van der Waals surface area (Å²) in [5.41, 5.74) is 1.59. The van der Waals surface area contributed by atoms with Gasteiger partial charge in [-0.3, -0.25) is 0 Å². The molecule has 0 fully saturated rings. The third-order valence-electron chi connectivity index (χ3n) is 4.96. The molecule has 2 aromatic carbocycles. The van der Waals surface area contributed by atoms with Crippen LogP contribution < -0.4 is 9.47 Å². The molecule has 3 aromatic rings. The first kappa shape index (κ1) is 25.3. The summed E-state index contributed by atoms with van der Waals surface area (Å²) in [7, 11) is 0. The first-order valence-corrected chi connectivity index (χ1v) is 12.2. The number of carbonyl (C=O) groups excluding carboxylic acids is 1. The number of thiazole rings is 1. The van der Waals surface area contributed by atoms with Crippen molar-refractivity contribution < 1.29 is 19.0 Å². The van der Waals surface area contributed by atoms with Crippen molar-refractivity contribution >= 4 is 40.5 Å². The molecule has 0 saturated carbocycles. The van der Waals surface area contributed by atoms with Crippen molar-refractivity contribution in [3.63, 3.8) is 0 Å². The number of esters is 1. The fourth-order valence-electron chi connectivity index (χ4n) is 3.23. The average Bonchev–Trinajstić information content (AvgIpc) is 3.14. The molecule has 5 nitrogen and oxygen atoms in total. The summed E-state index contributed by atoms with van der Waals surface area (Å²) in [5, 5.41) is 1.87. The maximum atomic E-state index is 12.1. The zero-order valence-corrected chi connectivity index (χ0v) is 21.8. The predicted molar refractivity (Wildman–Crippen MR) is 134 cm³/mol. The smallest absolute Gasteiger partial charge is 0.349 e. The van der Waals surface area contributed by atoms with Crippen molar-refractivity contribution in [3.8, 4) is 22.1 Å². The third kappa shape index (κ3) is 5.99. The number of aromatic nitrogens is 1. The van der Waals surface area contributed by atoms with Crippen molar-refractivity contribution in [1.82, 2.24) is 4.98 Å². The van der Waals surface area contributed by atoms with E-state index in [-0.39, 0.29) is 6.10 Å². The van der Waals surface area contributed by atoms with Crippen molar-refractivity contribution in [2.45, 2.75) is 53.2 Å². The first-order valence-electron chi connectivity index (χ1n) is 10.6. The number of hydrogen-bond donors (Lipinski definition) is 0. The Hall–Kier alpha value is -2.28. The molecule has 0 spiro atoms. The van der Waals surface area contributed by atoms with Crippen LogP contribution in [-0.2, 0) is 9.53 Å². The van der Waals surface area contributed by atoms with E-state index < -0.39 is 11.6 Å². The fraction of sp³-hybridized carbons (Fsp3) is 0.360. The minimum atomic E-state index is -1.09. The summed E-state index contributed by atoms with van der Waals surface area (Å²) in [6, 6.07) is 11.0. The molecule has 1 atom stereocenters. The number of benzene rings is 2. The summed E-state index contributed by atoms with van der Waals surface area (Å²) in [5.74, 6) is 0.894. The maximum absolute atomic E-state index is 12.1. The van der Waals surface area contributed by atoms with Crippen LogP contribution >= 0.6 is 34.5 Å². The van der Waals surface area contributed by atoms with Crippen molar-refractivity contribution in [3.05, 3.63) is 62.6 Å². The van der Waals surface area contributed by atoms with E-state index in [4.69, 9.17) is 42.4 Å². The van der Waals surface area contributed by atoms with Gasteiger partial charge in [0.15, 0.2) is 5.60 Å². The van der Waals surface area contributed by atoms with E-state index in [1.54, 1.807) is 44.2 Å². The quantitative estimate of drug-likeness (QED) is 0.293. The van der Waals surface area contributed by atoms with Gasteiger partial charge in [0, 0.05) is 5.56 Å². The van der Waals surface area contributed by atoms with E-state index in [0.29, 0.717) is 28.2 Å². The molecule has 0 saturated heterocycles. The van der Waals surface area contributed by atoms with Gasteiger partial charge in [-0.05, 0) is 77.4 Å². The number of rotatable bonds is 8. The molecule has 0 N–H and O–H groups in total. The second-order valence-corrected chi connectivity index (χ2v) is 9.96. The Kier molecular flexibility index (Phi) is 7.93. The van der Waals surface area contributed by atoms with Gasteiger partial charge in [-0.2, -0.15) is 0 Å². The lowest BCUT2D eigenvalue weighted by Crippen LogP contribution is -2.39. The van der Waals surface area contributed by atoms with Gasteiger partial charge in [-0.25, -0.2) is 9.78 Å². The highest BCUT2D eigenvalue weighted by molar-refractivity contribution is 7.15. The molecule has 0 aliphatic rings. The summed E-state index contributed by atoms with van der Waals surface area (Å²) in [6.45, 7) is 11.3. The van der Waals surface area contributed by atoms with Gasteiger partial charge in [0.25, 0.3) is 0 Å². The minimum Gasteiger partial charge on any atom is -0.485 e. The van der Waals surface area contributed by atoms with Gasteiger partial charge >= 0.3 is 5.97 Å². The van der Waals surface area contributed by atoms with Gasteiger partial charge in [0.2, 0.25) is 0 Å². The standard InChI is InChI=1S/C25H27Cl2NO4S/c1-7-30-24(29)25(5,6)32-21-11-9-18(12-14(21)2)31-16(4)22-15(3)28-23(33-22)17-8-10-19(26)20(27)13-17/h8-13,16H,7H2,1-6H3. The second-order valence-electron chi connectivity index (χ2n) is 8.12. The van der Waals surface area contributed by atoms with Crippen LogP contribution in [0.4, 0.5) is 0 Å². The molecule has 1 unspecified atom stereocenters. The molecule has 0 aliphatic heterocycles. The zero-order valence-electron chi connectivity index (χ0n) is 19.5. The lowest BCUT2D eigenvalue weighted by atomic mass is 10.1. The summed E-state index contributed by atoms with van der Waals surface area (Å²) in [6.07, 6.45) is -0.207. The van der Waals surface area contributed by atoms with Crippen LogP contribution in [-0.4, -0.2) is 23.2 Å². The molecule has 0 radical (unpaired) electrons. The van der Waals surface area contributed by atoms with Gasteiger partial charge in [0.05, 0.1) is 27.2 Å². The van der Waals surface area contributed by atoms with Crippen molar-refractivity contribution in [2.24, 2.45) is 0 Å². The fourth-order valence-corrected chi connectivity index (χ4v) is 4.57. The summed E-state index contributed by atoms with van der Waals surface area (Å²) >= 11 is 13.8. The SMILES string of the molecule is CCOC(=O)C(C)(C)Oc1ccc(OC(C)c2sc(-c3ccc(Cl)c(Cl)c3)nc2C)cc1C. The zero-order chi connectivity index (χ0) is 24.3. The van der Waals surface area contributed by atoms with Crippen LogP contribution in [0.25, 0.3) is 10.6 Å². The maximum Gasteiger partial charge on any atom is 0.349 e. The monoisotopic (exact) mass is 507 g/mol. The lowest BCUT2D eigenvalue weighted by molar-refractivity contribution is -0.158. The Morgan fingerprint density at radius 3 is 2.48 bits per heavy atom. The molecule has 3 rings (SSSR count). The van der Waals surface area contributed by atoms with E-state index in [2.05, 4.69) is 0 Å². The molecule has 1 heterocycles. The van der Waals surface area contributed by atoms with Gasteiger partial charge in [-0.1, -0.05) is 29.3 Å². The summed E-state index contributed by atoms with van der Waals surface area (Å²) in [4.78, 5) is 17.8. The molecular formula is C25H27Cl2NO4S. The Morgan fingerprint density at radius 2 is 1.85 bits per heavy atom. The molecule has 1 aromatic heterocycles. The highest BCUT2D eigenvalue weighted by atomic mass is 35.5. The van der Waals surface area contributed by atoms with Gasteiger partial charge in [0.1, 0.15) is 22.6 Å². The van der Waals surface area contributed by atoms with Crippen LogP contribution in [0, 0.1) is 13.8 Å². The Balaban J connectivity index is 1.75. The number of ether oxygens (including phenoxy) is 3. The second kappa shape index (κ2) is 10.3. The first-order chi connectivity index (χ1) is 15.5. The van der Waals surface area contributed by atoms with E-state index in [0.717, 1.165) is 26.7 Å². The Morgan fingerprint density at radius 1 is 1.12 bits per heavy atom.